The lowest BCUT2D eigenvalue weighted by Gasteiger charge is -2.39. The lowest BCUT2D eigenvalue weighted by atomic mass is 9.79. The van der Waals surface area contributed by atoms with E-state index in [1.165, 1.54) is 0 Å². The molecule has 3 atom stereocenters. The molecule has 0 amide bonds. The Morgan fingerprint density at radius 3 is 2.94 bits per heavy atom. The number of carbonyl (C=O) groups is 1. The Labute approximate surface area is 194 Å². The summed E-state index contributed by atoms with van der Waals surface area (Å²) in [6.07, 6.45) is 6.96. The number of hydrogen-bond acceptors (Lipinski definition) is 5. The molecule has 1 fully saturated rings. The van der Waals surface area contributed by atoms with Crippen LogP contribution in [0.1, 0.15) is 50.3 Å². The van der Waals surface area contributed by atoms with Gasteiger partial charge in [-0.15, -0.1) is 0 Å². The summed E-state index contributed by atoms with van der Waals surface area (Å²) in [5.41, 5.74) is 1.43. The summed E-state index contributed by atoms with van der Waals surface area (Å²) in [5.74, 6) is 1.78. The summed E-state index contributed by atoms with van der Waals surface area (Å²) < 4.78 is 20.7. The van der Waals surface area contributed by atoms with Gasteiger partial charge in [0.05, 0.1) is 12.6 Å². The maximum absolute atomic E-state index is 15.4. The number of ether oxygens (including phenoxy) is 1. The Morgan fingerprint density at radius 2 is 2.19 bits per heavy atom. The number of thioether (sulfide) groups is 1. The van der Waals surface area contributed by atoms with E-state index < -0.39 is 12.1 Å². The number of carboxylic acids is 1. The average Bonchev–Trinajstić information content (AvgIpc) is 2.81. The van der Waals surface area contributed by atoms with Crippen molar-refractivity contribution >= 4 is 28.6 Å². The minimum atomic E-state index is -1.08. The zero-order chi connectivity index (χ0) is 22.9. The second kappa shape index (κ2) is 12.4. The van der Waals surface area contributed by atoms with Crippen molar-refractivity contribution in [3.05, 3.63) is 36.0 Å². The molecule has 3 rings (SSSR count). The SMILES string of the molecule is COc1ccc2nccc(C(F)CC[C@@H]3CCN(CCCSC)C[C@@H]3CCC(=O)O)c2c1. The first kappa shape index (κ1) is 24.8. The highest BCUT2D eigenvalue weighted by atomic mass is 32.2. The zero-order valence-corrected chi connectivity index (χ0v) is 20.0. The molecule has 0 aliphatic carbocycles. The summed E-state index contributed by atoms with van der Waals surface area (Å²) in [4.78, 5) is 18.0. The molecule has 2 heterocycles. The maximum atomic E-state index is 15.4. The molecule has 1 aliphatic heterocycles. The molecule has 176 valence electrons. The van der Waals surface area contributed by atoms with E-state index in [4.69, 9.17) is 4.74 Å². The number of likely N-dealkylation sites (tertiary alicyclic amines) is 1. The van der Waals surface area contributed by atoms with Crippen molar-refractivity contribution in [3.8, 4) is 5.75 Å². The summed E-state index contributed by atoms with van der Waals surface area (Å²) in [6, 6.07) is 7.32. The van der Waals surface area contributed by atoms with E-state index in [0.29, 0.717) is 36.0 Å². The highest BCUT2D eigenvalue weighted by Gasteiger charge is 2.30. The molecule has 1 unspecified atom stereocenters. The smallest absolute Gasteiger partial charge is 0.303 e. The zero-order valence-electron chi connectivity index (χ0n) is 19.1. The molecule has 1 aromatic heterocycles. The maximum Gasteiger partial charge on any atom is 0.303 e. The van der Waals surface area contributed by atoms with Crippen molar-refractivity contribution in [1.82, 2.24) is 9.88 Å². The minimum absolute atomic E-state index is 0.188. The fourth-order valence-electron chi connectivity index (χ4n) is 4.87. The van der Waals surface area contributed by atoms with Crippen LogP contribution in [-0.4, -0.2) is 59.7 Å². The van der Waals surface area contributed by atoms with Crippen LogP contribution in [0.5, 0.6) is 5.75 Å². The number of aromatic nitrogens is 1. The van der Waals surface area contributed by atoms with Gasteiger partial charge in [0.2, 0.25) is 0 Å². The van der Waals surface area contributed by atoms with Crippen molar-refractivity contribution in [1.29, 1.82) is 0 Å². The number of pyridine rings is 1. The minimum Gasteiger partial charge on any atom is -0.497 e. The van der Waals surface area contributed by atoms with E-state index in [2.05, 4.69) is 16.1 Å². The Bertz CT molecular complexity index is 881. The van der Waals surface area contributed by atoms with Gasteiger partial charge < -0.3 is 14.7 Å². The molecule has 0 radical (unpaired) electrons. The molecule has 0 spiro atoms. The van der Waals surface area contributed by atoms with Gasteiger partial charge in [0, 0.05) is 24.5 Å². The number of methoxy groups -OCH3 is 1. The van der Waals surface area contributed by atoms with Gasteiger partial charge in [-0.3, -0.25) is 9.78 Å². The fraction of sp³-hybridized carbons (Fsp3) is 0.600. The standard InChI is InChI=1S/C25H35FN2O3S/c1-31-20-6-8-24-22(16-20)21(10-12-27-24)23(26)7-4-18-11-14-28(13-3-15-32-2)17-19(18)5-9-25(29)30/h6,8,10,12,16,18-19,23H,3-5,7,9,11,13-15,17H2,1-2H3,(H,29,30)/t18-,19+,23?/m1/s1. The summed E-state index contributed by atoms with van der Waals surface area (Å²) in [7, 11) is 1.61. The lowest BCUT2D eigenvalue weighted by Crippen LogP contribution is -2.41. The van der Waals surface area contributed by atoms with Crippen molar-refractivity contribution in [2.45, 2.75) is 44.7 Å². The molecular weight excluding hydrogens is 427 g/mol. The predicted molar refractivity (Wildman–Crippen MR) is 129 cm³/mol. The van der Waals surface area contributed by atoms with E-state index in [9.17, 15) is 9.90 Å². The van der Waals surface area contributed by atoms with Crippen LogP contribution in [0.25, 0.3) is 10.9 Å². The number of carboxylic acid groups (broad SMARTS) is 1. The number of rotatable bonds is 12. The van der Waals surface area contributed by atoms with Crippen LogP contribution in [0.3, 0.4) is 0 Å². The molecule has 7 heteroatoms. The Kier molecular flexibility index (Phi) is 9.60. The van der Waals surface area contributed by atoms with Crippen LogP contribution in [-0.2, 0) is 4.79 Å². The number of nitrogens with zero attached hydrogens (tertiary/aromatic N) is 2. The number of alkyl halides is 1. The molecule has 5 nitrogen and oxygen atoms in total. The van der Waals surface area contributed by atoms with Crippen LogP contribution in [0, 0.1) is 11.8 Å². The third-order valence-corrected chi connectivity index (χ3v) is 7.34. The molecule has 1 N–H and O–H groups in total. The second-order valence-electron chi connectivity index (χ2n) is 8.72. The number of hydrogen-bond donors (Lipinski definition) is 1. The first-order chi connectivity index (χ1) is 15.5. The van der Waals surface area contributed by atoms with Gasteiger partial charge >= 0.3 is 5.97 Å². The normalized spacial score (nSPS) is 20.3. The van der Waals surface area contributed by atoms with Crippen molar-refractivity contribution in [3.63, 3.8) is 0 Å². The van der Waals surface area contributed by atoms with Crippen molar-refractivity contribution < 1.29 is 19.0 Å². The topological polar surface area (TPSA) is 62.7 Å². The number of piperidine rings is 1. The van der Waals surface area contributed by atoms with Gasteiger partial charge in [-0.05, 0) is 98.9 Å². The molecule has 2 aromatic rings. The summed E-state index contributed by atoms with van der Waals surface area (Å²) in [5, 5.41) is 9.98. The number of benzene rings is 1. The molecule has 0 bridgehead atoms. The third kappa shape index (κ3) is 6.82. The van der Waals surface area contributed by atoms with Crippen LogP contribution in [0.4, 0.5) is 4.39 Å². The van der Waals surface area contributed by atoms with Crippen LogP contribution in [0.15, 0.2) is 30.5 Å². The quantitative estimate of drug-likeness (QED) is 0.415. The first-order valence-electron chi connectivity index (χ1n) is 11.5. The van der Waals surface area contributed by atoms with Gasteiger partial charge in [0.15, 0.2) is 0 Å². The average molecular weight is 463 g/mol. The molecule has 1 saturated heterocycles. The van der Waals surface area contributed by atoms with Gasteiger partial charge in [0.1, 0.15) is 11.9 Å². The third-order valence-electron chi connectivity index (χ3n) is 6.64. The number of aliphatic carboxylic acids is 1. The highest BCUT2D eigenvalue weighted by molar-refractivity contribution is 7.98. The van der Waals surface area contributed by atoms with E-state index >= 15 is 4.39 Å². The van der Waals surface area contributed by atoms with E-state index in [1.54, 1.807) is 19.4 Å². The monoisotopic (exact) mass is 462 g/mol. The first-order valence-corrected chi connectivity index (χ1v) is 12.9. The molecular formula is C25H35FN2O3S. The number of fused-ring (bicyclic) bond motifs is 1. The Hall–Kier alpha value is -1.86. The van der Waals surface area contributed by atoms with Gasteiger partial charge in [-0.2, -0.15) is 11.8 Å². The van der Waals surface area contributed by atoms with Gasteiger partial charge in [0.25, 0.3) is 0 Å². The van der Waals surface area contributed by atoms with Crippen molar-refractivity contribution in [2.75, 3.05) is 38.8 Å². The predicted octanol–water partition coefficient (Wildman–Crippen LogP) is 5.59. The fourth-order valence-corrected chi connectivity index (χ4v) is 5.29. The molecule has 1 aliphatic rings. The summed E-state index contributed by atoms with van der Waals surface area (Å²) in [6.45, 7) is 3.02. The number of halogens is 1. The van der Waals surface area contributed by atoms with Crippen molar-refractivity contribution in [2.24, 2.45) is 11.8 Å². The summed E-state index contributed by atoms with van der Waals surface area (Å²) >= 11 is 1.86. The van der Waals surface area contributed by atoms with E-state index in [1.807, 2.05) is 30.0 Å². The molecule has 32 heavy (non-hydrogen) atoms. The Morgan fingerprint density at radius 1 is 1.34 bits per heavy atom. The van der Waals surface area contributed by atoms with E-state index in [0.717, 1.165) is 55.6 Å². The van der Waals surface area contributed by atoms with E-state index in [-0.39, 0.29) is 6.42 Å². The second-order valence-corrected chi connectivity index (χ2v) is 9.70. The lowest BCUT2D eigenvalue weighted by molar-refractivity contribution is -0.137. The Balaban J connectivity index is 1.64. The van der Waals surface area contributed by atoms with Crippen LogP contribution in [0.2, 0.25) is 0 Å². The van der Waals surface area contributed by atoms with Gasteiger partial charge in [-0.1, -0.05) is 0 Å². The highest BCUT2D eigenvalue weighted by Crippen LogP contribution is 2.36. The van der Waals surface area contributed by atoms with Gasteiger partial charge in [-0.25, -0.2) is 4.39 Å². The van der Waals surface area contributed by atoms with Crippen LogP contribution >= 0.6 is 11.8 Å². The van der Waals surface area contributed by atoms with Crippen LogP contribution < -0.4 is 4.74 Å². The largest absolute Gasteiger partial charge is 0.497 e. The molecule has 0 saturated carbocycles. The molecule has 1 aromatic carbocycles.